The first-order valence-corrected chi connectivity index (χ1v) is 9.84. The molecular formula is C19H26N2O2S. The first-order chi connectivity index (χ1) is 11.6. The Morgan fingerprint density at radius 1 is 1.04 bits per heavy atom. The van der Waals surface area contributed by atoms with Crippen LogP contribution >= 0.6 is 11.8 Å². The number of likely N-dealkylation sites (tertiary alicyclic amines) is 2. The third-order valence-corrected chi connectivity index (χ3v) is 6.36. The molecule has 0 saturated carbocycles. The second kappa shape index (κ2) is 8.06. The van der Waals surface area contributed by atoms with Crippen LogP contribution in [0.2, 0.25) is 0 Å². The van der Waals surface area contributed by atoms with Crippen molar-refractivity contribution in [3.8, 4) is 0 Å². The van der Waals surface area contributed by atoms with Crippen LogP contribution in [0, 0.1) is 11.8 Å². The van der Waals surface area contributed by atoms with Crippen molar-refractivity contribution in [3.05, 3.63) is 30.3 Å². The Bertz CT molecular complexity index is 570. The van der Waals surface area contributed by atoms with Crippen LogP contribution in [-0.2, 0) is 9.59 Å². The summed E-state index contributed by atoms with van der Waals surface area (Å²) < 4.78 is 0. The molecule has 0 aromatic heterocycles. The van der Waals surface area contributed by atoms with Crippen molar-refractivity contribution < 1.29 is 9.59 Å². The van der Waals surface area contributed by atoms with Gasteiger partial charge in [0, 0.05) is 49.7 Å². The molecule has 2 saturated heterocycles. The Morgan fingerprint density at radius 3 is 2.38 bits per heavy atom. The molecule has 5 heteroatoms. The Hall–Kier alpha value is -1.49. The first kappa shape index (κ1) is 17.3. The Balaban J connectivity index is 1.43. The van der Waals surface area contributed by atoms with Gasteiger partial charge >= 0.3 is 0 Å². The summed E-state index contributed by atoms with van der Waals surface area (Å²) >= 11 is 1.89. The second-order valence-electron chi connectivity index (χ2n) is 6.84. The van der Waals surface area contributed by atoms with Gasteiger partial charge in [0.2, 0.25) is 11.8 Å². The molecular weight excluding hydrogens is 320 g/mol. The molecule has 1 aromatic carbocycles. The number of thioether (sulfide) groups is 1. The number of piperidine rings is 1. The molecule has 2 aliphatic rings. The number of carbonyl (C=O) groups excluding carboxylic acids is 2. The van der Waals surface area contributed by atoms with Gasteiger partial charge in [-0.15, -0.1) is 11.8 Å². The third kappa shape index (κ3) is 4.32. The van der Waals surface area contributed by atoms with Crippen molar-refractivity contribution in [1.29, 1.82) is 0 Å². The van der Waals surface area contributed by atoms with Crippen molar-refractivity contribution >= 4 is 23.6 Å². The van der Waals surface area contributed by atoms with Crippen LogP contribution in [0.5, 0.6) is 0 Å². The normalized spacial score (nSPS) is 22.0. The fourth-order valence-corrected chi connectivity index (χ4v) is 4.65. The average molecular weight is 346 g/mol. The summed E-state index contributed by atoms with van der Waals surface area (Å²) in [6.07, 6.45) is 2.74. The predicted molar refractivity (Wildman–Crippen MR) is 96.8 cm³/mol. The largest absolute Gasteiger partial charge is 0.343 e. The summed E-state index contributed by atoms with van der Waals surface area (Å²) in [6.45, 7) is 4.86. The van der Waals surface area contributed by atoms with Crippen molar-refractivity contribution in [1.82, 2.24) is 9.80 Å². The number of hydrogen-bond donors (Lipinski definition) is 0. The molecule has 3 rings (SSSR count). The molecule has 0 aliphatic carbocycles. The molecule has 2 aliphatic heterocycles. The number of rotatable bonds is 4. The maximum Gasteiger partial charge on any atom is 0.225 e. The van der Waals surface area contributed by atoms with Crippen LogP contribution in [-0.4, -0.2) is 53.5 Å². The van der Waals surface area contributed by atoms with E-state index in [-0.39, 0.29) is 11.8 Å². The van der Waals surface area contributed by atoms with Crippen LogP contribution < -0.4 is 0 Å². The summed E-state index contributed by atoms with van der Waals surface area (Å²) in [7, 11) is 0. The van der Waals surface area contributed by atoms with Gasteiger partial charge in [0.1, 0.15) is 0 Å². The van der Waals surface area contributed by atoms with Gasteiger partial charge in [-0.3, -0.25) is 9.59 Å². The fourth-order valence-electron chi connectivity index (χ4n) is 3.60. The van der Waals surface area contributed by atoms with Gasteiger partial charge < -0.3 is 9.80 Å². The molecule has 1 unspecified atom stereocenters. The minimum absolute atomic E-state index is 0.112. The number of carbonyl (C=O) groups is 2. The molecule has 4 nitrogen and oxygen atoms in total. The summed E-state index contributed by atoms with van der Waals surface area (Å²) in [5, 5.41) is 0. The zero-order chi connectivity index (χ0) is 16.9. The third-order valence-electron chi connectivity index (χ3n) is 5.12. The Labute approximate surface area is 148 Å². The standard InChI is InChI=1S/C19H26N2O2S/c1-15(22)20-11-8-17(9-12-20)19(23)21-10-7-16(13-21)14-24-18-5-3-2-4-6-18/h2-6,16-17H,7-14H2,1H3. The predicted octanol–water partition coefficient (Wildman–Crippen LogP) is 2.89. The number of benzene rings is 1. The van der Waals surface area contributed by atoms with E-state index in [2.05, 4.69) is 29.2 Å². The van der Waals surface area contributed by atoms with Crippen LogP contribution in [0.15, 0.2) is 35.2 Å². The van der Waals surface area contributed by atoms with Crippen molar-refractivity contribution in [2.24, 2.45) is 11.8 Å². The quantitative estimate of drug-likeness (QED) is 0.787. The van der Waals surface area contributed by atoms with Gasteiger partial charge in [-0.2, -0.15) is 0 Å². The van der Waals surface area contributed by atoms with E-state index in [1.807, 2.05) is 22.7 Å². The number of amides is 2. The fraction of sp³-hybridized carbons (Fsp3) is 0.579. The monoisotopic (exact) mass is 346 g/mol. The minimum atomic E-state index is 0.112. The van der Waals surface area contributed by atoms with Crippen LogP contribution in [0.1, 0.15) is 26.2 Å². The summed E-state index contributed by atoms with van der Waals surface area (Å²) in [4.78, 5) is 29.3. The van der Waals surface area contributed by atoms with E-state index in [4.69, 9.17) is 0 Å². The van der Waals surface area contributed by atoms with Crippen LogP contribution in [0.25, 0.3) is 0 Å². The van der Waals surface area contributed by atoms with Crippen molar-refractivity contribution in [2.75, 3.05) is 31.9 Å². The SMILES string of the molecule is CC(=O)N1CCC(C(=O)N2CCC(CSc3ccccc3)C2)CC1. The molecule has 0 bridgehead atoms. The highest BCUT2D eigenvalue weighted by atomic mass is 32.2. The van der Waals surface area contributed by atoms with Crippen LogP contribution in [0.4, 0.5) is 0 Å². The molecule has 0 spiro atoms. The molecule has 1 aromatic rings. The van der Waals surface area contributed by atoms with Crippen molar-refractivity contribution in [2.45, 2.75) is 31.1 Å². The molecule has 2 amide bonds. The van der Waals surface area contributed by atoms with E-state index in [1.54, 1.807) is 6.92 Å². The topological polar surface area (TPSA) is 40.6 Å². The summed E-state index contributed by atoms with van der Waals surface area (Å²) in [6, 6.07) is 10.5. The Morgan fingerprint density at radius 2 is 1.71 bits per heavy atom. The summed E-state index contributed by atoms with van der Waals surface area (Å²) in [5.74, 6) is 2.22. The van der Waals surface area contributed by atoms with E-state index in [9.17, 15) is 9.59 Å². The van der Waals surface area contributed by atoms with Crippen molar-refractivity contribution in [3.63, 3.8) is 0 Å². The lowest BCUT2D eigenvalue weighted by atomic mass is 9.95. The van der Waals surface area contributed by atoms with Gasteiger partial charge in [-0.05, 0) is 37.3 Å². The lowest BCUT2D eigenvalue weighted by Gasteiger charge is -2.32. The lowest BCUT2D eigenvalue weighted by molar-refractivity contribution is -0.139. The van der Waals surface area contributed by atoms with E-state index < -0.39 is 0 Å². The molecule has 2 heterocycles. The molecule has 0 radical (unpaired) electrons. The first-order valence-electron chi connectivity index (χ1n) is 8.85. The minimum Gasteiger partial charge on any atom is -0.343 e. The molecule has 2 fully saturated rings. The molecule has 130 valence electrons. The second-order valence-corrected chi connectivity index (χ2v) is 7.94. The zero-order valence-electron chi connectivity index (χ0n) is 14.3. The molecule has 24 heavy (non-hydrogen) atoms. The maximum absolute atomic E-state index is 12.7. The van der Waals surface area contributed by atoms with E-state index in [0.29, 0.717) is 11.8 Å². The highest BCUT2D eigenvalue weighted by molar-refractivity contribution is 7.99. The van der Waals surface area contributed by atoms with E-state index in [1.165, 1.54) is 4.90 Å². The van der Waals surface area contributed by atoms with Gasteiger partial charge in [0.05, 0.1) is 0 Å². The number of hydrogen-bond acceptors (Lipinski definition) is 3. The average Bonchev–Trinajstić information content (AvgIpc) is 3.09. The van der Waals surface area contributed by atoms with Gasteiger partial charge in [0.15, 0.2) is 0 Å². The number of nitrogens with zero attached hydrogens (tertiary/aromatic N) is 2. The van der Waals surface area contributed by atoms with Gasteiger partial charge in [0.25, 0.3) is 0 Å². The van der Waals surface area contributed by atoms with E-state index in [0.717, 1.165) is 51.2 Å². The summed E-state index contributed by atoms with van der Waals surface area (Å²) in [5.41, 5.74) is 0. The van der Waals surface area contributed by atoms with Crippen LogP contribution in [0.3, 0.4) is 0 Å². The highest BCUT2D eigenvalue weighted by Gasteiger charge is 2.33. The van der Waals surface area contributed by atoms with Gasteiger partial charge in [-0.1, -0.05) is 18.2 Å². The molecule has 1 atom stereocenters. The zero-order valence-corrected chi connectivity index (χ0v) is 15.1. The maximum atomic E-state index is 12.7. The smallest absolute Gasteiger partial charge is 0.225 e. The highest BCUT2D eigenvalue weighted by Crippen LogP contribution is 2.28. The van der Waals surface area contributed by atoms with Gasteiger partial charge in [-0.25, -0.2) is 0 Å². The van der Waals surface area contributed by atoms with E-state index >= 15 is 0 Å². The molecule has 0 N–H and O–H groups in total. The Kier molecular flexibility index (Phi) is 5.82. The lowest BCUT2D eigenvalue weighted by Crippen LogP contribution is -2.43.